The average Bonchev–Trinajstić information content (AvgIpc) is 2.69. The topological polar surface area (TPSA) is 49.3 Å². The van der Waals surface area contributed by atoms with Crippen LogP contribution >= 0.6 is 0 Å². The van der Waals surface area contributed by atoms with Crippen LogP contribution in [-0.4, -0.2) is 52.3 Å². The zero-order chi connectivity index (χ0) is 18.8. The van der Waals surface area contributed by atoms with Crippen molar-refractivity contribution < 1.29 is 4.21 Å². The lowest BCUT2D eigenvalue weighted by Crippen LogP contribution is -2.45. The quantitative estimate of drug-likeness (QED) is 0.759. The molecule has 4 rings (SSSR count). The fraction of sp³-hybridized carbons (Fsp3) is 0.524. The molecule has 5 nitrogen and oxygen atoms in total. The number of likely N-dealkylation sites (N-methyl/N-ethyl adjacent to an activating group) is 1. The molecular formula is C21H28N4OS. The van der Waals surface area contributed by atoms with Crippen LogP contribution < -0.4 is 4.90 Å². The van der Waals surface area contributed by atoms with Crippen molar-refractivity contribution >= 4 is 16.6 Å². The minimum Gasteiger partial charge on any atom is -0.354 e. The normalized spacial score (nSPS) is 19.0. The van der Waals surface area contributed by atoms with Crippen LogP contribution in [0.1, 0.15) is 35.2 Å². The third-order valence-electron chi connectivity index (χ3n) is 5.57. The van der Waals surface area contributed by atoms with Crippen molar-refractivity contribution in [2.45, 2.75) is 43.5 Å². The number of nitrogens with zero attached hydrogens (tertiary/aromatic N) is 4. The lowest BCUT2D eigenvalue weighted by Gasteiger charge is -2.35. The molecule has 2 aliphatic rings. The number of aromatic nitrogens is 2. The van der Waals surface area contributed by atoms with Crippen molar-refractivity contribution in [1.29, 1.82) is 0 Å². The monoisotopic (exact) mass is 384 g/mol. The average molecular weight is 385 g/mol. The van der Waals surface area contributed by atoms with Gasteiger partial charge in [-0.2, -0.15) is 0 Å². The second kappa shape index (κ2) is 8.07. The lowest BCUT2D eigenvalue weighted by molar-refractivity contribution is 0.311. The van der Waals surface area contributed by atoms with E-state index in [-0.39, 0.29) is 0 Å². The van der Waals surface area contributed by atoms with E-state index in [0.29, 0.717) is 10.9 Å². The minimum absolute atomic E-state index is 0.473. The maximum Gasteiger partial charge on any atom is 0.221 e. The SMILES string of the molecule is Cc1ccc(C[S@](=O)c2nc3c(c(N4CCN(C)CC4)n2)CCCC3)cc1. The first-order chi connectivity index (χ1) is 13.1. The van der Waals surface area contributed by atoms with E-state index < -0.39 is 10.8 Å². The number of anilines is 1. The predicted molar refractivity (Wildman–Crippen MR) is 110 cm³/mol. The van der Waals surface area contributed by atoms with E-state index in [1.807, 2.05) is 12.1 Å². The number of rotatable bonds is 4. The summed E-state index contributed by atoms with van der Waals surface area (Å²) in [4.78, 5) is 14.3. The van der Waals surface area contributed by atoms with Gasteiger partial charge in [0.05, 0.1) is 22.2 Å². The maximum atomic E-state index is 13.0. The number of fused-ring (bicyclic) bond motifs is 1. The molecule has 27 heavy (non-hydrogen) atoms. The molecule has 1 aliphatic heterocycles. The van der Waals surface area contributed by atoms with Crippen LogP contribution in [0.5, 0.6) is 0 Å². The van der Waals surface area contributed by atoms with E-state index in [0.717, 1.165) is 62.5 Å². The Balaban J connectivity index is 1.63. The van der Waals surface area contributed by atoms with Gasteiger partial charge in [-0.05, 0) is 45.2 Å². The standard InChI is InChI=1S/C21H28N4OS/c1-16-7-9-17(10-8-16)15-27(26)21-22-19-6-4-3-5-18(19)20(23-21)25-13-11-24(2)12-14-25/h7-10H,3-6,11-15H2,1-2H3/t27-/m0/s1. The molecule has 2 heterocycles. The molecule has 0 amide bonds. The molecule has 6 heteroatoms. The Labute approximate surface area is 164 Å². The van der Waals surface area contributed by atoms with Crippen LogP contribution in [0.25, 0.3) is 0 Å². The van der Waals surface area contributed by atoms with E-state index in [1.54, 1.807) is 0 Å². The van der Waals surface area contributed by atoms with Gasteiger partial charge in [0.15, 0.2) is 0 Å². The Morgan fingerprint density at radius 2 is 1.70 bits per heavy atom. The molecule has 1 aliphatic carbocycles. The van der Waals surface area contributed by atoms with Gasteiger partial charge in [-0.25, -0.2) is 9.97 Å². The largest absolute Gasteiger partial charge is 0.354 e. The lowest BCUT2D eigenvalue weighted by atomic mass is 9.96. The molecular weight excluding hydrogens is 356 g/mol. The summed E-state index contributed by atoms with van der Waals surface area (Å²) in [5.41, 5.74) is 4.70. The van der Waals surface area contributed by atoms with Crippen LogP contribution in [0.15, 0.2) is 29.4 Å². The fourth-order valence-corrected chi connectivity index (χ4v) is 4.86. The van der Waals surface area contributed by atoms with Crippen LogP contribution in [0, 0.1) is 6.92 Å². The Kier molecular flexibility index (Phi) is 5.55. The summed E-state index contributed by atoms with van der Waals surface area (Å²) in [5, 5.41) is 0.505. The Bertz CT molecular complexity index is 829. The van der Waals surface area contributed by atoms with Crippen molar-refractivity contribution in [3.8, 4) is 0 Å². The van der Waals surface area contributed by atoms with Gasteiger partial charge in [0.1, 0.15) is 5.82 Å². The molecule has 1 aromatic carbocycles. The minimum atomic E-state index is -1.22. The molecule has 0 spiro atoms. The van der Waals surface area contributed by atoms with Crippen LogP contribution in [-0.2, 0) is 29.4 Å². The smallest absolute Gasteiger partial charge is 0.221 e. The van der Waals surface area contributed by atoms with Crippen LogP contribution in [0.2, 0.25) is 0 Å². The highest BCUT2D eigenvalue weighted by Crippen LogP contribution is 2.29. The van der Waals surface area contributed by atoms with Crippen molar-refractivity contribution in [2.75, 3.05) is 38.1 Å². The first-order valence-electron chi connectivity index (χ1n) is 9.87. The summed E-state index contributed by atoms with van der Waals surface area (Å²) < 4.78 is 13.0. The van der Waals surface area contributed by atoms with E-state index in [1.165, 1.54) is 17.5 Å². The number of aryl methyl sites for hydroxylation is 2. The van der Waals surface area contributed by atoms with Crippen molar-refractivity contribution in [3.63, 3.8) is 0 Å². The van der Waals surface area contributed by atoms with Gasteiger partial charge in [-0.15, -0.1) is 0 Å². The number of hydrogen-bond acceptors (Lipinski definition) is 5. The third kappa shape index (κ3) is 4.22. The second-order valence-electron chi connectivity index (χ2n) is 7.73. The van der Waals surface area contributed by atoms with Crippen molar-refractivity contribution in [2.24, 2.45) is 0 Å². The zero-order valence-electron chi connectivity index (χ0n) is 16.3. The van der Waals surface area contributed by atoms with E-state index in [9.17, 15) is 4.21 Å². The van der Waals surface area contributed by atoms with Crippen molar-refractivity contribution in [3.05, 3.63) is 46.6 Å². The molecule has 0 saturated carbocycles. The van der Waals surface area contributed by atoms with E-state index in [4.69, 9.17) is 9.97 Å². The number of benzene rings is 1. The molecule has 144 valence electrons. The second-order valence-corrected chi connectivity index (χ2v) is 9.07. The molecule has 1 fully saturated rings. The third-order valence-corrected chi connectivity index (χ3v) is 6.75. The number of hydrogen-bond donors (Lipinski definition) is 0. The van der Waals surface area contributed by atoms with E-state index >= 15 is 0 Å². The van der Waals surface area contributed by atoms with Gasteiger partial charge in [-0.1, -0.05) is 29.8 Å². The Morgan fingerprint density at radius 3 is 2.44 bits per heavy atom. The summed E-state index contributed by atoms with van der Waals surface area (Å²) in [6.45, 7) is 6.10. The summed E-state index contributed by atoms with van der Waals surface area (Å²) in [6.07, 6.45) is 4.38. The van der Waals surface area contributed by atoms with Crippen LogP contribution in [0.4, 0.5) is 5.82 Å². The van der Waals surface area contributed by atoms with Gasteiger partial charge in [-0.3, -0.25) is 4.21 Å². The summed E-state index contributed by atoms with van der Waals surface area (Å²) in [5.74, 6) is 1.52. The molecule has 2 aromatic rings. The number of piperazine rings is 1. The first-order valence-corrected chi connectivity index (χ1v) is 11.2. The van der Waals surface area contributed by atoms with Crippen LogP contribution in [0.3, 0.4) is 0 Å². The molecule has 1 saturated heterocycles. The molecule has 0 N–H and O–H groups in total. The summed E-state index contributed by atoms with van der Waals surface area (Å²) in [7, 11) is 0.941. The maximum absolute atomic E-state index is 13.0. The van der Waals surface area contributed by atoms with Gasteiger partial charge in [0, 0.05) is 31.7 Å². The summed E-state index contributed by atoms with van der Waals surface area (Å²) >= 11 is 0. The van der Waals surface area contributed by atoms with Gasteiger partial charge < -0.3 is 9.80 Å². The predicted octanol–water partition coefficient (Wildman–Crippen LogP) is 2.72. The highest BCUT2D eigenvalue weighted by molar-refractivity contribution is 7.84. The summed E-state index contributed by atoms with van der Waals surface area (Å²) in [6, 6.07) is 8.23. The highest BCUT2D eigenvalue weighted by Gasteiger charge is 2.25. The zero-order valence-corrected chi connectivity index (χ0v) is 17.1. The van der Waals surface area contributed by atoms with Gasteiger partial charge in [0.25, 0.3) is 0 Å². The Hall–Kier alpha value is -1.79. The molecule has 0 radical (unpaired) electrons. The fourth-order valence-electron chi connectivity index (χ4n) is 3.83. The highest BCUT2D eigenvalue weighted by atomic mass is 32.2. The molecule has 1 atom stereocenters. The van der Waals surface area contributed by atoms with Gasteiger partial charge in [0.2, 0.25) is 5.16 Å². The first kappa shape index (κ1) is 18.6. The molecule has 0 unspecified atom stereocenters. The molecule has 0 bridgehead atoms. The van der Waals surface area contributed by atoms with Gasteiger partial charge >= 0.3 is 0 Å². The Morgan fingerprint density at radius 1 is 1.00 bits per heavy atom. The van der Waals surface area contributed by atoms with E-state index in [2.05, 4.69) is 35.9 Å². The van der Waals surface area contributed by atoms with Crippen molar-refractivity contribution in [1.82, 2.24) is 14.9 Å². The molecule has 1 aromatic heterocycles.